The van der Waals surface area contributed by atoms with E-state index in [0.717, 1.165) is 25.9 Å². The summed E-state index contributed by atoms with van der Waals surface area (Å²) in [6.07, 6.45) is 2.62. The van der Waals surface area contributed by atoms with Crippen molar-refractivity contribution >= 4 is 0 Å². The molecule has 0 aliphatic carbocycles. The standard InChI is InChI=1S/C14H21FN2/c15-14(11-16)8-4-5-9-17(12-14)10-13-6-2-1-3-7-13/h1-3,6-7H,4-5,8-12,16H2. The van der Waals surface area contributed by atoms with Crippen molar-refractivity contribution < 1.29 is 4.39 Å². The molecule has 2 nitrogen and oxygen atoms in total. The molecule has 1 atom stereocenters. The number of hydrogen-bond acceptors (Lipinski definition) is 2. The highest BCUT2D eigenvalue weighted by Crippen LogP contribution is 2.24. The van der Waals surface area contributed by atoms with Crippen LogP contribution >= 0.6 is 0 Å². The van der Waals surface area contributed by atoms with Crippen LogP contribution in [0.1, 0.15) is 24.8 Å². The van der Waals surface area contributed by atoms with Gasteiger partial charge in [0.25, 0.3) is 0 Å². The summed E-state index contributed by atoms with van der Waals surface area (Å²) in [6, 6.07) is 10.2. The fourth-order valence-corrected chi connectivity index (χ4v) is 2.48. The molecule has 1 aliphatic heterocycles. The molecule has 0 spiro atoms. The molecule has 3 heteroatoms. The van der Waals surface area contributed by atoms with E-state index in [1.807, 2.05) is 18.2 Å². The lowest BCUT2D eigenvalue weighted by molar-refractivity contribution is 0.104. The highest BCUT2D eigenvalue weighted by atomic mass is 19.1. The van der Waals surface area contributed by atoms with Gasteiger partial charge in [-0.25, -0.2) is 4.39 Å². The summed E-state index contributed by atoms with van der Waals surface area (Å²) >= 11 is 0. The lowest BCUT2D eigenvalue weighted by Crippen LogP contribution is -2.43. The molecule has 2 N–H and O–H groups in total. The van der Waals surface area contributed by atoms with E-state index in [1.54, 1.807) is 0 Å². The first-order chi connectivity index (χ1) is 8.22. The minimum absolute atomic E-state index is 0.137. The first-order valence-corrected chi connectivity index (χ1v) is 6.37. The second-order valence-electron chi connectivity index (χ2n) is 5.01. The molecular weight excluding hydrogens is 215 g/mol. The normalized spacial score (nSPS) is 26.7. The molecule has 1 aromatic carbocycles. The van der Waals surface area contributed by atoms with E-state index < -0.39 is 5.67 Å². The van der Waals surface area contributed by atoms with Gasteiger partial charge in [0, 0.05) is 19.6 Å². The summed E-state index contributed by atoms with van der Waals surface area (Å²) in [5, 5.41) is 0. The Bertz CT molecular complexity index is 341. The van der Waals surface area contributed by atoms with Crippen molar-refractivity contribution in [3.63, 3.8) is 0 Å². The van der Waals surface area contributed by atoms with Crippen molar-refractivity contribution in [1.82, 2.24) is 4.90 Å². The topological polar surface area (TPSA) is 29.3 Å². The highest BCUT2D eigenvalue weighted by molar-refractivity contribution is 5.14. The van der Waals surface area contributed by atoms with Crippen LogP contribution in [-0.4, -0.2) is 30.2 Å². The number of nitrogens with two attached hydrogens (primary N) is 1. The maximum absolute atomic E-state index is 14.3. The number of nitrogens with zero attached hydrogens (tertiary/aromatic N) is 1. The van der Waals surface area contributed by atoms with E-state index in [9.17, 15) is 4.39 Å². The Kier molecular flexibility index (Phi) is 4.13. The van der Waals surface area contributed by atoms with Gasteiger partial charge in [0.2, 0.25) is 0 Å². The summed E-state index contributed by atoms with van der Waals surface area (Å²) in [5.74, 6) is 0. The third kappa shape index (κ3) is 3.51. The van der Waals surface area contributed by atoms with Gasteiger partial charge >= 0.3 is 0 Å². The first-order valence-electron chi connectivity index (χ1n) is 6.37. The minimum Gasteiger partial charge on any atom is -0.327 e. The van der Waals surface area contributed by atoms with Crippen molar-refractivity contribution in [3.8, 4) is 0 Å². The van der Waals surface area contributed by atoms with Crippen LogP contribution in [0.4, 0.5) is 4.39 Å². The van der Waals surface area contributed by atoms with Crippen LogP contribution in [0.25, 0.3) is 0 Å². The molecule has 1 saturated heterocycles. The molecule has 1 aromatic rings. The predicted molar refractivity (Wildman–Crippen MR) is 68.5 cm³/mol. The van der Waals surface area contributed by atoms with E-state index in [1.165, 1.54) is 5.56 Å². The van der Waals surface area contributed by atoms with Crippen molar-refractivity contribution in [2.24, 2.45) is 5.73 Å². The predicted octanol–water partition coefficient (Wildman–Crippen LogP) is 2.34. The maximum atomic E-state index is 14.3. The van der Waals surface area contributed by atoms with Crippen molar-refractivity contribution in [2.45, 2.75) is 31.5 Å². The van der Waals surface area contributed by atoms with Gasteiger partial charge in [-0.05, 0) is 31.4 Å². The Morgan fingerprint density at radius 3 is 2.71 bits per heavy atom. The zero-order valence-corrected chi connectivity index (χ0v) is 10.2. The largest absolute Gasteiger partial charge is 0.327 e. The number of alkyl halides is 1. The van der Waals surface area contributed by atoms with E-state index in [-0.39, 0.29) is 6.54 Å². The molecule has 1 heterocycles. The molecular formula is C14H21FN2. The minimum atomic E-state index is -1.19. The van der Waals surface area contributed by atoms with Crippen molar-refractivity contribution in [1.29, 1.82) is 0 Å². The smallest absolute Gasteiger partial charge is 0.135 e. The van der Waals surface area contributed by atoms with E-state index >= 15 is 0 Å². The Morgan fingerprint density at radius 1 is 1.24 bits per heavy atom. The molecule has 94 valence electrons. The molecule has 1 fully saturated rings. The van der Waals surface area contributed by atoms with Crippen LogP contribution < -0.4 is 5.73 Å². The third-order valence-electron chi connectivity index (χ3n) is 3.47. The lowest BCUT2D eigenvalue weighted by atomic mass is 10.0. The van der Waals surface area contributed by atoms with Crippen LogP contribution in [0.15, 0.2) is 30.3 Å². The van der Waals surface area contributed by atoms with Gasteiger partial charge in [0.1, 0.15) is 5.67 Å². The number of likely N-dealkylation sites (tertiary alicyclic amines) is 1. The van der Waals surface area contributed by atoms with Gasteiger partial charge in [0.15, 0.2) is 0 Å². The average Bonchev–Trinajstić information content (AvgIpc) is 2.53. The first kappa shape index (κ1) is 12.5. The van der Waals surface area contributed by atoms with Crippen LogP contribution in [0.3, 0.4) is 0 Å². The molecule has 1 aliphatic rings. The quantitative estimate of drug-likeness (QED) is 0.873. The van der Waals surface area contributed by atoms with Crippen LogP contribution in [0.2, 0.25) is 0 Å². The second kappa shape index (κ2) is 5.61. The SMILES string of the molecule is NCC1(F)CCCCN(Cc2ccccc2)C1. The maximum Gasteiger partial charge on any atom is 0.135 e. The average molecular weight is 236 g/mol. The molecule has 2 rings (SSSR count). The number of halogens is 1. The van der Waals surface area contributed by atoms with Gasteiger partial charge in [-0.15, -0.1) is 0 Å². The second-order valence-corrected chi connectivity index (χ2v) is 5.01. The van der Waals surface area contributed by atoms with Crippen molar-refractivity contribution in [2.75, 3.05) is 19.6 Å². The molecule has 0 bridgehead atoms. The van der Waals surface area contributed by atoms with Crippen LogP contribution in [0.5, 0.6) is 0 Å². The Hall–Kier alpha value is -0.930. The monoisotopic (exact) mass is 236 g/mol. The zero-order chi connectivity index (χ0) is 12.1. The van der Waals surface area contributed by atoms with Crippen LogP contribution in [0, 0.1) is 0 Å². The highest BCUT2D eigenvalue weighted by Gasteiger charge is 2.32. The lowest BCUT2D eigenvalue weighted by Gasteiger charge is -2.28. The van der Waals surface area contributed by atoms with Crippen molar-refractivity contribution in [3.05, 3.63) is 35.9 Å². The summed E-state index contributed by atoms with van der Waals surface area (Å²) in [7, 11) is 0. The summed E-state index contributed by atoms with van der Waals surface area (Å²) in [6.45, 7) is 2.41. The molecule has 0 aromatic heterocycles. The summed E-state index contributed by atoms with van der Waals surface area (Å²) in [4.78, 5) is 2.19. The van der Waals surface area contributed by atoms with E-state index in [0.29, 0.717) is 13.0 Å². The van der Waals surface area contributed by atoms with E-state index in [2.05, 4.69) is 17.0 Å². The Morgan fingerprint density at radius 2 is 2.00 bits per heavy atom. The van der Waals surface area contributed by atoms with Gasteiger partial charge < -0.3 is 5.73 Å². The van der Waals surface area contributed by atoms with Gasteiger partial charge in [0.05, 0.1) is 0 Å². The zero-order valence-electron chi connectivity index (χ0n) is 10.2. The molecule has 17 heavy (non-hydrogen) atoms. The molecule has 0 saturated carbocycles. The van der Waals surface area contributed by atoms with Gasteiger partial charge in [-0.1, -0.05) is 30.3 Å². The fourth-order valence-electron chi connectivity index (χ4n) is 2.48. The Balaban J connectivity index is 2.00. The fraction of sp³-hybridized carbons (Fsp3) is 0.571. The molecule has 0 radical (unpaired) electrons. The number of hydrogen-bond donors (Lipinski definition) is 1. The van der Waals surface area contributed by atoms with E-state index in [4.69, 9.17) is 5.73 Å². The molecule has 1 unspecified atom stereocenters. The molecule has 0 amide bonds. The number of rotatable bonds is 3. The Labute approximate surface area is 103 Å². The van der Waals surface area contributed by atoms with Crippen LogP contribution in [-0.2, 0) is 6.54 Å². The van der Waals surface area contributed by atoms with Gasteiger partial charge in [-0.3, -0.25) is 4.90 Å². The summed E-state index contributed by atoms with van der Waals surface area (Å²) < 4.78 is 14.3. The van der Waals surface area contributed by atoms with Gasteiger partial charge in [-0.2, -0.15) is 0 Å². The number of benzene rings is 1. The third-order valence-corrected chi connectivity index (χ3v) is 3.47. The summed E-state index contributed by atoms with van der Waals surface area (Å²) in [5.41, 5.74) is 5.62.